The van der Waals surface area contributed by atoms with Gasteiger partial charge >= 0.3 is 0 Å². The summed E-state index contributed by atoms with van der Waals surface area (Å²) in [4.78, 5) is 25.9. The van der Waals surface area contributed by atoms with E-state index >= 15 is 0 Å². The minimum Gasteiger partial charge on any atom is -0.295 e. The molecule has 1 aromatic heterocycles. The van der Waals surface area contributed by atoms with Crippen molar-refractivity contribution in [3.8, 4) is 5.69 Å². The standard InChI is InChI=1S/C22H19ClN4O2/c1-13-7-9-17(10-8-13)26-21(28)19(14(2)24-26)12-20-15(3)25-27(22(20)29)18-6-4-5-16(23)11-18/h4-12,24H,1-3H3/b20-12-. The van der Waals surface area contributed by atoms with Gasteiger partial charge in [-0.15, -0.1) is 0 Å². The molecular weight excluding hydrogens is 388 g/mol. The van der Waals surface area contributed by atoms with E-state index < -0.39 is 0 Å². The summed E-state index contributed by atoms with van der Waals surface area (Å²) in [7, 11) is 0. The maximum absolute atomic E-state index is 13.0. The van der Waals surface area contributed by atoms with Crippen molar-refractivity contribution < 1.29 is 4.79 Å². The van der Waals surface area contributed by atoms with Crippen LogP contribution in [0.5, 0.6) is 0 Å². The second-order valence-electron chi connectivity index (χ2n) is 6.97. The highest BCUT2D eigenvalue weighted by molar-refractivity contribution is 6.33. The molecule has 0 saturated carbocycles. The number of H-pyrrole nitrogens is 1. The molecule has 2 heterocycles. The molecule has 29 heavy (non-hydrogen) atoms. The summed E-state index contributed by atoms with van der Waals surface area (Å²) in [5, 5.41) is 9.24. The molecule has 0 aliphatic carbocycles. The van der Waals surface area contributed by atoms with Gasteiger partial charge in [0, 0.05) is 10.7 Å². The van der Waals surface area contributed by atoms with E-state index in [4.69, 9.17) is 11.6 Å². The molecule has 1 N–H and O–H groups in total. The van der Waals surface area contributed by atoms with Gasteiger partial charge in [0.05, 0.1) is 28.2 Å². The lowest BCUT2D eigenvalue weighted by Gasteiger charge is -2.11. The molecule has 1 aliphatic heterocycles. The lowest BCUT2D eigenvalue weighted by molar-refractivity contribution is -0.114. The van der Waals surface area contributed by atoms with Crippen molar-refractivity contribution in [1.82, 2.24) is 9.78 Å². The third-order valence-electron chi connectivity index (χ3n) is 4.81. The van der Waals surface area contributed by atoms with Gasteiger partial charge in [0.25, 0.3) is 11.5 Å². The molecule has 1 aliphatic rings. The van der Waals surface area contributed by atoms with Crippen molar-refractivity contribution in [2.75, 3.05) is 5.01 Å². The van der Waals surface area contributed by atoms with Crippen LogP contribution in [0.1, 0.15) is 23.7 Å². The number of carbonyl (C=O) groups is 1. The molecule has 0 fully saturated rings. The van der Waals surface area contributed by atoms with E-state index in [1.165, 1.54) is 9.69 Å². The molecule has 0 saturated heterocycles. The number of anilines is 1. The van der Waals surface area contributed by atoms with Gasteiger partial charge < -0.3 is 0 Å². The molecule has 0 spiro atoms. The van der Waals surface area contributed by atoms with E-state index in [1.807, 2.05) is 31.2 Å². The Labute approximate surface area is 172 Å². The second kappa shape index (κ2) is 7.22. The van der Waals surface area contributed by atoms with Gasteiger partial charge in [-0.1, -0.05) is 35.4 Å². The van der Waals surface area contributed by atoms with Crippen molar-refractivity contribution in [2.45, 2.75) is 20.8 Å². The van der Waals surface area contributed by atoms with E-state index in [9.17, 15) is 9.59 Å². The first kappa shape index (κ1) is 19.0. The first-order valence-electron chi connectivity index (χ1n) is 9.11. The molecule has 7 heteroatoms. The topological polar surface area (TPSA) is 70.5 Å². The zero-order valence-electron chi connectivity index (χ0n) is 16.2. The predicted octanol–water partition coefficient (Wildman–Crippen LogP) is 4.24. The van der Waals surface area contributed by atoms with Crippen LogP contribution in [-0.4, -0.2) is 21.4 Å². The summed E-state index contributed by atoms with van der Waals surface area (Å²) in [5.74, 6) is -0.299. The fraction of sp³-hybridized carbons (Fsp3) is 0.136. The lowest BCUT2D eigenvalue weighted by atomic mass is 10.1. The Bertz CT molecular complexity index is 1230. The van der Waals surface area contributed by atoms with Crippen LogP contribution in [0.3, 0.4) is 0 Å². The Morgan fingerprint density at radius 1 is 1.00 bits per heavy atom. The smallest absolute Gasteiger partial charge is 0.280 e. The Morgan fingerprint density at radius 3 is 2.41 bits per heavy atom. The quantitative estimate of drug-likeness (QED) is 0.661. The molecule has 0 unspecified atom stereocenters. The van der Waals surface area contributed by atoms with E-state index in [2.05, 4.69) is 10.2 Å². The summed E-state index contributed by atoms with van der Waals surface area (Å²) < 4.78 is 1.47. The van der Waals surface area contributed by atoms with Crippen LogP contribution in [0.4, 0.5) is 5.69 Å². The van der Waals surface area contributed by atoms with Crippen LogP contribution < -0.4 is 10.6 Å². The number of hydrogen-bond acceptors (Lipinski definition) is 3. The number of carbonyl (C=O) groups excluding carboxylic acids is 1. The van der Waals surface area contributed by atoms with Crippen LogP contribution in [0.25, 0.3) is 11.8 Å². The van der Waals surface area contributed by atoms with E-state index in [0.29, 0.717) is 33.3 Å². The van der Waals surface area contributed by atoms with E-state index in [-0.39, 0.29) is 11.5 Å². The normalized spacial score (nSPS) is 15.3. The Balaban J connectivity index is 1.73. The SMILES string of the molecule is CC1=NN(c2cccc(Cl)c2)C(=O)/C1=C\c1c(C)[nH]n(-c2ccc(C)cc2)c1=O. The number of aromatic nitrogens is 2. The lowest BCUT2D eigenvalue weighted by Crippen LogP contribution is -2.22. The van der Waals surface area contributed by atoms with Crippen LogP contribution in [-0.2, 0) is 4.79 Å². The van der Waals surface area contributed by atoms with Crippen molar-refractivity contribution in [3.63, 3.8) is 0 Å². The molecule has 0 radical (unpaired) electrons. The monoisotopic (exact) mass is 406 g/mol. The number of nitrogens with zero attached hydrogens (tertiary/aromatic N) is 3. The van der Waals surface area contributed by atoms with Gasteiger partial charge in [-0.25, -0.2) is 4.68 Å². The van der Waals surface area contributed by atoms with Gasteiger partial charge in [-0.2, -0.15) is 10.1 Å². The summed E-state index contributed by atoms with van der Waals surface area (Å²) in [6.45, 7) is 5.54. The van der Waals surface area contributed by atoms with Crippen molar-refractivity contribution in [1.29, 1.82) is 0 Å². The second-order valence-corrected chi connectivity index (χ2v) is 7.40. The van der Waals surface area contributed by atoms with Gasteiger partial charge in [-0.05, 0) is 57.2 Å². The first-order chi connectivity index (χ1) is 13.8. The Hall–Kier alpha value is -3.38. The van der Waals surface area contributed by atoms with Gasteiger partial charge in [0.2, 0.25) is 0 Å². The number of amides is 1. The maximum Gasteiger partial charge on any atom is 0.280 e. The summed E-state index contributed by atoms with van der Waals surface area (Å²) in [6.07, 6.45) is 1.60. The Morgan fingerprint density at radius 2 is 1.72 bits per heavy atom. The molecule has 6 nitrogen and oxygen atoms in total. The zero-order valence-corrected chi connectivity index (χ0v) is 17.0. The highest BCUT2D eigenvalue weighted by Gasteiger charge is 2.29. The largest absolute Gasteiger partial charge is 0.295 e. The van der Waals surface area contributed by atoms with Crippen LogP contribution in [0, 0.1) is 13.8 Å². The van der Waals surface area contributed by atoms with Crippen LogP contribution in [0.2, 0.25) is 5.02 Å². The van der Waals surface area contributed by atoms with Crippen LogP contribution in [0.15, 0.2) is 64.0 Å². The number of aryl methyl sites for hydroxylation is 2. The summed E-state index contributed by atoms with van der Waals surface area (Å²) in [6, 6.07) is 14.5. The fourth-order valence-corrected chi connectivity index (χ4v) is 3.40. The van der Waals surface area contributed by atoms with Gasteiger partial charge in [-0.3, -0.25) is 14.7 Å². The number of hydrogen-bond donors (Lipinski definition) is 1. The molecule has 3 aromatic rings. The predicted molar refractivity (Wildman–Crippen MR) is 116 cm³/mol. The molecule has 146 valence electrons. The number of aromatic amines is 1. The fourth-order valence-electron chi connectivity index (χ4n) is 3.22. The average molecular weight is 407 g/mol. The summed E-state index contributed by atoms with van der Waals surface area (Å²) >= 11 is 6.04. The molecule has 0 atom stereocenters. The molecule has 1 amide bonds. The van der Waals surface area contributed by atoms with Crippen molar-refractivity contribution in [3.05, 3.63) is 86.3 Å². The average Bonchev–Trinajstić information content (AvgIpc) is 3.13. The van der Waals surface area contributed by atoms with E-state index in [0.717, 1.165) is 11.3 Å². The Kier molecular flexibility index (Phi) is 4.72. The van der Waals surface area contributed by atoms with Gasteiger partial charge in [0.15, 0.2) is 0 Å². The zero-order chi connectivity index (χ0) is 20.7. The number of rotatable bonds is 3. The number of benzene rings is 2. The number of nitrogens with one attached hydrogen (secondary N) is 1. The molecule has 4 rings (SSSR count). The maximum atomic E-state index is 13.0. The van der Waals surface area contributed by atoms with Crippen molar-refractivity contribution >= 4 is 35.0 Å². The third kappa shape index (κ3) is 3.43. The van der Waals surface area contributed by atoms with E-state index in [1.54, 1.807) is 44.2 Å². The number of hydrazone groups is 1. The molecule has 2 aromatic carbocycles. The highest BCUT2D eigenvalue weighted by atomic mass is 35.5. The van der Waals surface area contributed by atoms with Crippen molar-refractivity contribution in [2.24, 2.45) is 5.10 Å². The first-order valence-corrected chi connectivity index (χ1v) is 9.49. The minimum absolute atomic E-state index is 0.222. The van der Waals surface area contributed by atoms with Gasteiger partial charge in [0.1, 0.15) is 0 Å². The highest BCUT2D eigenvalue weighted by Crippen LogP contribution is 2.27. The molecule has 0 bridgehead atoms. The number of halogens is 1. The minimum atomic E-state index is -0.299. The molecular formula is C22H19ClN4O2. The summed E-state index contributed by atoms with van der Waals surface area (Å²) in [5.41, 5.74) is 4.21. The van der Waals surface area contributed by atoms with Crippen LogP contribution >= 0.6 is 11.6 Å². The third-order valence-corrected chi connectivity index (χ3v) is 5.05.